The Balaban J connectivity index is 2.11. The monoisotopic (exact) mass is 247 g/mol. The van der Waals surface area contributed by atoms with E-state index < -0.39 is 12.0 Å². The van der Waals surface area contributed by atoms with E-state index in [9.17, 15) is 9.59 Å². The standard InChI is InChI=1S/C14H17NO3/c1-9(16)15-13(14(17)18)8-10-5-6-11-3-2-4-12(11)7-10/h5-7,13H,2-4,8H2,1H3,(H,15,16)(H,17,18)/t13-/m0/s1. The van der Waals surface area contributed by atoms with Gasteiger partial charge in [-0.05, 0) is 36.0 Å². The molecular formula is C14H17NO3. The number of hydrogen-bond acceptors (Lipinski definition) is 2. The van der Waals surface area contributed by atoms with Gasteiger partial charge in [0.2, 0.25) is 5.91 Å². The molecule has 2 rings (SSSR count). The summed E-state index contributed by atoms with van der Waals surface area (Å²) in [5, 5.41) is 11.5. The minimum absolute atomic E-state index is 0.316. The fourth-order valence-corrected chi connectivity index (χ4v) is 2.43. The lowest BCUT2D eigenvalue weighted by Gasteiger charge is -2.14. The first kappa shape index (κ1) is 12.6. The Morgan fingerprint density at radius 3 is 2.72 bits per heavy atom. The van der Waals surface area contributed by atoms with Crippen LogP contribution in [-0.2, 0) is 28.9 Å². The van der Waals surface area contributed by atoms with E-state index in [1.165, 1.54) is 24.5 Å². The summed E-state index contributed by atoms with van der Waals surface area (Å²) in [7, 11) is 0. The van der Waals surface area contributed by atoms with Gasteiger partial charge in [0.05, 0.1) is 0 Å². The largest absolute Gasteiger partial charge is 0.480 e. The van der Waals surface area contributed by atoms with Crippen molar-refractivity contribution in [2.24, 2.45) is 0 Å². The Bertz CT molecular complexity index is 482. The zero-order chi connectivity index (χ0) is 13.1. The zero-order valence-electron chi connectivity index (χ0n) is 10.4. The van der Waals surface area contributed by atoms with Crippen LogP contribution in [0.2, 0.25) is 0 Å². The van der Waals surface area contributed by atoms with Crippen LogP contribution in [0.1, 0.15) is 30.0 Å². The van der Waals surface area contributed by atoms with Gasteiger partial charge in [-0.3, -0.25) is 4.79 Å². The number of hydrogen-bond donors (Lipinski definition) is 2. The van der Waals surface area contributed by atoms with Gasteiger partial charge in [0.15, 0.2) is 0 Å². The average Bonchev–Trinajstić information content (AvgIpc) is 2.74. The van der Waals surface area contributed by atoms with Crippen LogP contribution in [0.15, 0.2) is 18.2 Å². The van der Waals surface area contributed by atoms with Crippen molar-refractivity contribution in [1.82, 2.24) is 5.32 Å². The van der Waals surface area contributed by atoms with Crippen LogP contribution in [0.4, 0.5) is 0 Å². The summed E-state index contributed by atoms with van der Waals surface area (Å²) in [5.41, 5.74) is 3.65. The highest BCUT2D eigenvalue weighted by molar-refractivity contribution is 5.82. The molecule has 1 aliphatic rings. The second-order valence-electron chi connectivity index (χ2n) is 4.75. The van der Waals surface area contributed by atoms with E-state index in [2.05, 4.69) is 17.4 Å². The molecule has 2 N–H and O–H groups in total. The van der Waals surface area contributed by atoms with Gasteiger partial charge in [0.1, 0.15) is 6.04 Å². The first-order valence-corrected chi connectivity index (χ1v) is 6.17. The fourth-order valence-electron chi connectivity index (χ4n) is 2.43. The van der Waals surface area contributed by atoms with Gasteiger partial charge in [-0.1, -0.05) is 18.2 Å². The summed E-state index contributed by atoms with van der Waals surface area (Å²) >= 11 is 0. The van der Waals surface area contributed by atoms with Crippen molar-refractivity contribution in [3.05, 3.63) is 34.9 Å². The van der Waals surface area contributed by atoms with Crippen molar-refractivity contribution in [3.63, 3.8) is 0 Å². The Labute approximate surface area is 106 Å². The predicted octanol–water partition coefficient (Wildman–Crippen LogP) is 1.31. The number of aliphatic carboxylic acids is 1. The van der Waals surface area contributed by atoms with Crippen LogP contribution in [0.25, 0.3) is 0 Å². The molecule has 0 heterocycles. The van der Waals surface area contributed by atoms with Crippen LogP contribution in [-0.4, -0.2) is 23.0 Å². The van der Waals surface area contributed by atoms with E-state index >= 15 is 0 Å². The molecule has 1 atom stereocenters. The molecule has 0 saturated heterocycles. The molecule has 4 heteroatoms. The lowest BCUT2D eigenvalue weighted by molar-refractivity contribution is -0.141. The van der Waals surface area contributed by atoms with E-state index in [0.717, 1.165) is 18.4 Å². The second kappa shape index (κ2) is 5.21. The topological polar surface area (TPSA) is 66.4 Å². The molecule has 0 fully saturated rings. The lowest BCUT2D eigenvalue weighted by Crippen LogP contribution is -2.41. The van der Waals surface area contributed by atoms with Crippen LogP contribution >= 0.6 is 0 Å². The molecule has 1 amide bonds. The quantitative estimate of drug-likeness (QED) is 0.843. The van der Waals surface area contributed by atoms with Crippen molar-refractivity contribution in [1.29, 1.82) is 0 Å². The number of nitrogens with one attached hydrogen (secondary N) is 1. The molecule has 4 nitrogen and oxygen atoms in total. The molecule has 1 aromatic rings. The predicted molar refractivity (Wildman–Crippen MR) is 67.4 cm³/mol. The number of benzene rings is 1. The molecule has 1 aromatic carbocycles. The smallest absolute Gasteiger partial charge is 0.326 e. The molecule has 0 radical (unpaired) electrons. The summed E-state index contributed by atoms with van der Waals surface area (Å²) in [4.78, 5) is 22.0. The van der Waals surface area contributed by atoms with Gasteiger partial charge in [0.25, 0.3) is 0 Å². The number of carbonyl (C=O) groups excluding carboxylic acids is 1. The molecule has 0 spiro atoms. The summed E-state index contributed by atoms with van der Waals surface area (Å²) in [6.07, 6.45) is 3.69. The number of fused-ring (bicyclic) bond motifs is 1. The Kier molecular flexibility index (Phi) is 3.65. The fraction of sp³-hybridized carbons (Fsp3) is 0.429. The van der Waals surface area contributed by atoms with E-state index in [4.69, 9.17) is 5.11 Å². The van der Waals surface area contributed by atoms with Crippen LogP contribution < -0.4 is 5.32 Å². The number of carboxylic acid groups (broad SMARTS) is 1. The summed E-state index contributed by atoms with van der Waals surface area (Å²) in [5.74, 6) is -1.31. The van der Waals surface area contributed by atoms with Gasteiger partial charge in [0, 0.05) is 13.3 Å². The minimum atomic E-state index is -0.995. The van der Waals surface area contributed by atoms with Crippen molar-refractivity contribution in [2.45, 2.75) is 38.6 Å². The normalized spacial score (nSPS) is 14.9. The molecule has 96 valence electrons. The van der Waals surface area contributed by atoms with Gasteiger partial charge in [-0.2, -0.15) is 0 Å². The third kappa shape index (κ3) is 2.88. The van der Waals surface area contributed by atoms with E-state index in [1.807, 2.05) is 6.07 Å². The van der Waals surface area contributed by atoms with Crippen LogP contribution in [0.5, 0.6) is 0 Å². The van der Waals surface area contributed by atoms with Crippen molar-refractivity contribution < 1.29 is 14.7 Å². The summed E-state index contributed by atoms with van der Waals surface area (Å²) in [6.45, 7) is 1.33. The maximum Gasteiger partial charge on any atom is 0.326 e. The zero-order valence-corrected chi connectivity index (χ0v) is 10.4. The Hall–Kier alpha value is -1.84. The van der Waals surface area contributed by atoms with Crippen LogP contribution in [0, 0.1) is 0 Å². The van der Waals surface area contributed by atoms with Gasteiger partial charge in [-0.15, -0.1) is 0 Å². The third-order valence-corrected chi connectivity index (χ3v) is 3.28. The third-order valence-electron chi connectivity index (χ3n) is 3.28. The second-order valence-corrected chi connectivity index (χ2v) is 4.75. The first-order valence-electron chi connectivity index (χ1n) is 6.17. The minimum Gasteiger partial charge on any atom is -0.480 e. The average molecular weight is 247 g/mol. The SMILES string of the molecule is CC(=O)N[C@@H](Cc1ccc2c(c1)CCC2)C(=O)O. The maximum absolute atomic E-state index is 11.1. The Morgan fingerprint density at radius 1 is 1.33 bits per heavy atom. The van der Waals surface area contributed by atoms with Gasteiger partial charge < -0.3 is 10.4 Å². The molecular weight excluding hydrogens is 230 g/mol. The lowest BCUT2D eigenvalue weighted by atomic mass is 10.0. The molecule has 0 bridgehead atoms. The molecule has 0 unspecified atom stereocenters. The molecule has 0 aromatic heterocycles. The highest BCUT2D eigenvalue weighted by Gasteiger charge is 2.20. The molecule has 18 heavy (non-hydrogen) atoms. The van der Waals surface area contributed by atoms with Crippen LogP contribution in [0.3, 0.4) is 0 Å². The van der Waals surface area contributed by atoms with E-state index in [0.29, 0.717) is 6.42 Å². The highest BCUT2D eigenvalue weighted by atomic mass is 16.4. The Morgan fingerprint density at radius 2 is 2.06 bits per heavy atom. The van der Waals surface area contributed by atoms with Crippen molar-refractivity contribution in [3.8, 4) is 0 Å². The molecule has 1 aliphatic carbocycles. The number of amides is 1. The van der Waals surface area contributed by atoms with Gasteiger partial charge in [-0.25, -0.2) is 4.79 Å². The highest BCUT2D eigenvalue weighted by Crippen LogP contribution is 2.23. The van der Waals surface area contributed by atoms with Crippen molar-refractivity contribution >= 4 is 11.9 Å². The molecule has 0 saturated carbocycles. The number of carboxylic acids is 1. The van der Waals surface area contributed by atoms with Crippen molar-refractivity contribution in [2.75, 3.05) is 0 Å². The van der Waals surface area contributed by atoms with E-state index in [-0.39, 0.29) is 5.91 Å². The summed E-state index contributed by atoms with van der Waals surface area (Å²) in [6, 6.07) is 5.26. The number of rotatable bonds is 4. The maximum atomic E-state index is 11.1. The number of aryl methyl sites for hydroxylation is 2. The van der Waals surface area contributed by atoms with E-state index in [1.54, 1.807) is 0 Å². The molecule has 0 aliphatic heterocycles. The first-order chi connectivity index (χ1) is 8.56. The summed E-state index contributed by atoms with van der Waals surface area (Å²) < 4.78 is 0. The number of carbonyl (C=O) groups is 2. The van der Waals surface area contributed by atoms with Gasteiger partial charge >= 0.3 is 5.97 Å².